The summed E-state index contributed by atoms with van der Waals surface area (Å²) in [6.07, 6.45) is 1.35. The van der Waals surface area contributed by atoms with Gasteiger partial charge >= 0.3 is 0 Å². The predicted octanol–water partition coefficient (Wildman–Crippen LogP) is 4.87. The summed E-state index contributed by atoms with van der Waals surface area (Å²) >= 11 is 12.0. The fraction of sp³-hybridized carbons (Fsp3) is 0. The van der Waals surface area contributed by atoms with Gasteiger partial charge in [-0.3, -0.25) is 0 Å². The molecule has 0 aliphatic heterocycles. The van der Waals surface area contributed by atoms with Crippen molar-refractivity contribution in [3.8, 4) is 11.6 Å². The van der Waals surface area contributed by atoms with Gasteiger partial charge in [-0.2, -0.15) is 0 Å². The van der Waals surface area contributed by atoms with E-state index in [1.807, 2.05) is 0 Å². The molecule has 20 heavy (non-hydrogen) atoms. The molecule has 100 valence electrons. The molecule has 3 nitrogen and oxygen atoms in total. The van der Waals surface area contributed by atoms with Gasteiger partial charge in [0, 0.05) is 0 Å². The summed E-state index contributed by atoms with van der Waals surface area (Å²) in [6, 6.07) is 9.16. The number of nitrogens with zero attached hydrogens (tertiary/aromatic N) is 2. The topological polar surface area (TPSA) is 35.0 Å². The van der Waals surface area contributed by atoms with Crippen molar-refractivity contribution in [2.45, 2.75) is 0 Å². The second kappa shape index (κ2) is 5.23. The smallest absolute Gasteiger partial charge is 0.230 e. The Morgan fingerprint density at radius 3 is 2.65 bits per heavy atom. The lowest BCUT2D eigenvalue weighted by Crippen LogP contribution is -1.92. The number of benzene rings is 2. The summed E-state index contributed by atoms with van der Waals surface area (Å²) in [5.74, 6) is 0.192. The van der Waals surface area contributed by atoms with Gasteiger partial charge in [-0.15, -0.1) is 0 Å². The van der Waals surface area contributed by atoms with Crippen molar-refractivity contribution in [1.29, 1.82) is 0 Å². The molecule has 0 atom stereocenters. The second-order valence-corrected chi connectivity index (χ2v) is 4.81. The lowest BCUT2D eigenvalue weighted by molar-refractivity contribution is 0.466. The fourth-order valence-electron chi connectivity index (χ4n) is 1.77. The summed E-state index contributed by atoms with van der Waals surface area (Å²) in [7, 11) is 0. The maximum absolute atomic E-state index is 13.0. The Hall–Kier alpha value is -1.91. The number of fused-ring (bicyclic) bond motifs is 1. The first-order valence-electron chi connectivity index (χ1n) is 5.67. The Kier molecular flexibility index (Phi) is 3.42. The zero-order valence-electron chi connectivity index (χ0n) is 9.98. The van der Waals surface area contributed by atoms with Crippen molar-refractivity contribution < 1.29 is 9.13 Å². The van der Waals surface area contributed by atoms with E-state index in [0.29, 0.717) is 27.6 Å². The maximum atomic E-state index is 13.0. The largest absolute Gasteiger partial charge is 0.437 e. The van der Waals surface area contributed by atoms with Crippen molar-refractivity contribution in [2.24, 2.45) is 0 Å². The Morgan fingerprint density at radius 2 is 1.85 bits per heavy atom. The van der Waals surface area contributed by atoms with Gasteiger partial charge in [0.1, 0.15) is 17.9 Å². The van der Waals surface area contributed by atoms with E-state index in [2.05, 4.69) is 9.97 Å². The first-order chi connectivity index (χ1) is 9.65. The van der Waals surface area contributed by atoms with Gasteiger partial charge in [0.2, 0.25) is 5.88 Å². The number of rotatable bonds is 2. The van der Waals surface area contributed by atoms with E-state index < -0.39 is 5.82 Å². The Morgan fingerprint density at radius 1 is 1.00 bits per heavy atom. The third-order valence-electron chi connectivity index (χ3n) is 2.68. The van der Waals surface area contributed by atoms with Crippen LogP contribution in [0.3, 0.4) is 0 Å². The van der Waals surface area contributed by atoms with Crippen LogP contribution >= 0.6 is 23.2 Å². The standard InChI is InChI=1S/C14H7Cl2FN2O/c15-10-3-1-2-9-13(10)18-7-19-14(9)20-12-5-4-8(17)6-11(12)16/h1-7H. The molecule has 3 rings (SSSR count). The van der Waals surface area contributed by atoms with Gasteiger partial charge in [0.15, 0.2) is 0 Å². The molecule has 0 unspecified atom stereocenters. The molecular weight excluding hydrogens is 302 g/mol. The minimum Gasteiger partial charge on any atom is -0.437 e. The number of hydrogen-bond donors (Lipinski definition) is 0. The van der Waals surface area contributed by atoms with Crippen LogP contribution in [-0.4, -0.2) is 9.97 Å². The molecule has 2 aromatic carbocycles. The molecule has 1 aromatic heterocycles. The van der Waals surface area contributed by atoms with Crippen LogP contribution in [0.4, 0.5) is 4.39 Å². The van der Waals surface area contributed by atoms with E-state index in [1.165, 1.54) is 24.5 Å². The first kappa shape index (κ1) is 13.1. The van der Waals surface area contributed by atoms with Crippen LogP contribution in [0.2, 0.25) is 10.0 Å². The molecule has 3 aromatic rings. The molecule has 0 aliphatic carbocycles. The number of ether oxygens (including phenoxy) is 1. The number of halogens is 3. The third-order valence-corrected chi connectivity index (χ3v) is 3.28. The Balaban J connectivity index is 2.09. The average molecular weight is 309 g/mol. The highest BCUT2D eigenvalue weighted by molar-refractivity contribution is 6.35. The third kappa shape index (κ3) is 2.40. The van der Waals surface area contributed by atoms with E-state index >= 15 is 0 Å². The van der Waals surface area contributed by atoms with Crippen LogP contribution < -0.4 is 4.74 Å². The highest BCUT2D eigenvalue weighted by atomic mass is 35.5. The van der Waals surface area contributed by atoms with E-state index in [4.69, 9.17) is 27.9 Å². The van der Waals surface area contributed by atoms with E-state index in [1.54, 1.807) is 18.2 Å². The summed E-state index contributed by atoms with van der Waals surface area (Å²) in [5.41, 5.74) is 0.581. The molecule has 0 aliphatic rings. The van der Waals surface area contributed by atoms with Crippen molar-refractivity contribution in [3.05, 3.63) is 58.6 Å². The van der Waals surface area contributed by atoms with Gasteiger partial charge < -0.3 is 4.74 Å². The SMILES string of the molecule is Fc1ccc(Oc2ncnc3c(Cl)cccc23)c(Cl)c1. The van der Waals surface area contributed by atoms with Crippen molar-refractivity contribution in [3.63, 3.8) is 0 Å². The molecule has 1 heterocycles. The molecule has 0 saturated carbocycles. The van der Waals surface area contributed by atoms with Crippen LogP contribution in [0.1, 0.15) is 0 Å². The molecule has 0 saturated heterocycles. The van der Waals surface area contributed by atoms with Crippen molar-refractivity contribution in [2.75, 3.05) is 0 Å². The molecule has 0 bridgehead atoms. The molecule has 0 N–H and O–H groups in total. The average Bonchev–Trinajstić information content (AvgIpc) is 2.43. The zero-order chi connectivity index (χ0) is 14.1. The van der Waals surface area contributed by atoms with E-state index in [-0.39, 0.29) is 5.02 Å². The van der Waals surface area contributed by atoms with Crippen LogP contribution in [0.5, 0.6) is 11.6 Å². The molecule has 0 amide bonds. The Labute approximate surface area is 123 Å². The van der Waals surface area contributed by atoms with Gasteiger partial charge in [0.25, 0.3) is 0 Å². The number of para-hydroxylation sites is 1. The van der Waals surface area contributed by atoms with E-state index in [9.17, 15) is 4.39 Å². The summed E-state index contributed by atoms with van der Waals surface area (Å²) in [5, 5.41) is 1.32. The predicted molar refractivity (Wildman–Crippen MR) is 76.0 cm³/mol. The molecule has 0 radical (unpaired) electrons. The molecular formula is C14H7Cl2FN2O. The van der Waals surface area contributed by atoms with Gasteiger partial charge in [-0.05, 0) is 30.3 Å². The van der Waals surface area contributed by atoms with Crippen LogP contribution in [-0.2, 0) is 0 Å². The molecule has 0 fully saturated rings. The van der Waals surface area contributed by atoms with Crippen LogP contribution in [0.15, 0.2) is 42.7 Å². The normalized spacial score (nSPS) is 10.8. The molecule has 6 heteroatoms. The van der Waals surface area contributed by atoms with Crippen molar-refractivity contribution >= 4 is 34.1 Å². The minimum absolute atomic E-state index is 0.166. The first-order valence-corrected chi connectivity index (χ1v) is 6.43. The highest BCUT2D eigenvalue weighted by Crippen LogP contribution is 2.33. The zero-order valence-corrected chi connectivity index (χ0v) is 11.5. The highest BCUT2D eigenvalue weighted by Gasteiger charge is 2.10. The fourth-order valence-corrected chi connectivity index (χ4v) is 2.20. The monoisotopic (exact) mass is 308 g/mol. The van der Waals surface area contributed by atoms with Gasteiger partial charge in [-0.1, -0.05) is 29.3 Å². The minimum atomic E-state index is -0.432. The summed E-state index contributed by atoms with van der Waals surface area (Å²) in [4.78, 5) is 8.17. The van der Waals surface area contributed by atoms with Crippen LogP contribution in [0, 0.1) is 5.82 Å². The number of aromatic nitrogens is 2. The quantitative estimate of drug-likeness (QED) is 0.677. The number of hydrogen-bond acceptors (Lipinski definition) is 3. The van der Waals surface area contributed by atoms with Crippen LogP contribution in [0.25, 0.3) is 10.9 Å². The lowest BCUT2D eigenvalue weighted by atomic mass is 10.2. The second-order valence-electron chi connectivity index (χ2n) is 3.99. The van der Waals surface area contributed by atoms with Crippen molar-refractivity contribution in [1.82, 2.24) is 9.97 Å². The summed E-state index contributed by atoms with van der Waals surface area (Å²) in [6.45, 7) is 0. The Bertz CT molecular complexity index is 795. The molecule has 0 spiro atoms. The summed E-state index contributed by atoms with van der Waals surface area (Å²) < 4.78 is 18.6. The lowest BCUT2D eigenvalue weighted by Gasteiger charge is -2.09. The van der Waals surface area contributed by atoms with Gasteiger partial charge in [-0.25, -0.2) is 14.4 Å². The van der Waals surface area contributed by atoms with E-state index in [0.717, 1.165) is 0 Å². The maximum Gasteiger partial charge on any atom is 0.230 e. The van der Waals surface area contributed by atoms with Gasteiger partial charge in [0.05, 0.1) is 20.9 Å².